The van der Waals surface area contributed by atoms with E-state index in [0.29, 0.717) is 12.0 Å². The summed E-state index contributed by atoms with van der Waals surface area (Å²) in [7, 11) is 0. The summed E-state index contributed by atoms with van der Waals surface area (Å²) in [6.07, 6.45) is 6.52. The summed E-state index contributed by atoms with van der Waals surface area (Å²) < 4.78 is 4.35. The summed E-state index contributed by atoms with van der Waals surface area (Å²) in [5.74, 6) is 1.37. The van der Waals surface area contributed by atoms with Crippen molar-refractivity contribution in [2.75, 3.05) is 5.32 Å². The van der Waals surface area contributed by atoms with E-state index in [4.69, 9.17) is 0 Å². The van der Waals surface area contributed by atoms with Gasteiger partial charge in [-0.2, -0.15) is 4.37 Å². The molecule has 1 aromatic heterocycles. The van der Waals surface area contributed by atoms with Crippen molar-refractivity contribution >= 4 is 16.7 Å². The molecule has 0 aromatic carbocycles. The van der Waals surface area contributed by atoms with E-state index in [9.17, 15) is 0 Å². The van der Waals surface area contributed by atoms with Crippen LogP contribution in [-0.2, 0) is 0 Å². The molecule has 3 nitrogen and oxygen atoms in total. The van der Waals surface area contributed by atoms with Crippen molar-refractivity contribution in [2.45, 2.75) is 71.8 Å². The molecule has 0 aliphatic heterocycles. The Bertz CT molecular complexity index is 309. The Kier molecular flexibility index (Phi) is 6.48. The maximum atomic E-state index is 4.49. The fourth-order valence-electron chi connectivity index (χ4n) is 1.69. The Labute approximate surface area is 109 Å². The zero-order valence-electron chi connectivity index (χ0n) is 11.5. The molecule has 0 bridgehead atoms. The van der Waals surface area contributed by atoms with Crippen molar-refractivity contribution < 1.29 is 0 Å². The average Bonchev–Trinajstić information content (AvgIpc) is 2.73. The van der Waals surface area contributed by atoms with Gasteiger partial charge in [0, 0.05) is 23.5 Å². The Morgan fingerprint density at radius 1 is 1.18 bits per heavy atom. The van der Waals surface area contributed by atoms with Crippen molar-refractivity contribution in [1.82, 2.24) is 9.36 Å². The van der Waals surface area contributed by atoms with Crippen LogP contribution in [-0.4, -0.2) is 15.4 Å². The highest BCUT2D eigenvalue weighted by molar-refractivity contribution is 7.09. The minimum atomic E-state index is 0.418. The monoisotopic (exact) mass is 255 g/mol. The van der Waals surface area contributed by atoms with Gasteiger partial charge < -0.3 is 5.32 Å². The topological polar surface area (TPSA) is 37.8 Å². The highest BCUT2D eigenvalue weighted by atomic mass is 32.1. The van der Waals surface area contributed by atoms with E-state index in [1.807, 2.05) is 0 Å². The largest absolute Gasteiger partial charge is 0.358 e. The van der Waals surface area contributed by atoms with Crippen molar-refractivity contribution in [3.8, 4) is 0 Å². The number of hydrogen-bond acceptors (Lipinski definition) is 4. The Morgan fingerprint density at radius 3 is 2.53 bits per heavy atom. The molecule has 0 saturated carbocycles. The predicted octanol–water partition coefficient (Wildman–Crippen LogP) is 4.43. The molecule has 0 radical (unpaired) electrons. The summed E-state index contributed by atoms with van der Waals surface area (Å²) in [5, 5.41) is 4.41. The van der Waals surface area contributed by atoms with Crippen LogP contribution in [0.4, 0.5) is 5.13 Å². The smallest absolute Gasteiger partial charge is 0.202 e. The van der Waals surface area contributed by atoms with E-state index >= 15 is 0 Å². The molecule has 4 heteroatoms. The minimum absolute atomic E-state index is 0.418. The number of hydrogen-bond donors (Lipinski definition) is 1. The van der Waals surface area contributed by atoms with Gasteiger partial charge in [0.05, 0.1) is 0 Å². The molecule has 0 saturated heterocycles. The van der Waals surface area contributed by atoms with Crippen molar-refractivity contribution in [1.29, 1.82) is 0 Å². The zero-order chi connectivity index (χ0) is 12.7. The molecule has 0 aliphatic carbocycles. The van der Waals surface area contributed by atoms with Crippen molar-refractivity contribution in [3.05, 3.63) is 5.82 Å². The molecule has 0 fully saturated rings. The molecule has 1 heterocycles. The molecular formula is C13H25N3S. The van der Waals surface area contributed by atoms with E-state index in [2.05, 4.69) is 42.4 Å². The first-order valence-electron chi connectivity index (χ1n) is 6.73. The standard InChI is InChI=1S/C13H25N3S/c1-5-6-7-8-9-11(4)14-13-15-12(10(2)3)16-17-13/h10-11H,5-9H2,1-4H3,(H,14,15,16). The first-order valence-corrected chi connectivity index (χ1v) is 7.51. The highest BCUT2D eigenvalue weighted by Crippen LogP contribution is 2.19. The normalized spacial score (nSPS) is 13.0. The molecule has 0 aliphatic rings. The first-order chi connectivity index (χ1) is 8.13. The number of nitrogens with one attached hydrogen (secondary N) is 1. The van der Waals surface area contributed by atoms with Gasteiger partial charge in [-0.05, 0) is 13.3 Å². The van der Waals surface area contributed by atoms with Gasteiger partial charge in [-0.1, -0.05) is 46.5 Å². The van der Waals surface area contributed by atoms with E-state index in [1.54, 1.807) is 0 Å². The molecule has 17 heavy (non-hydrogen) atoms. The maximum Gasteiger partial charge on any atom is 0.202 e. The molecule has 1 rings (SSSR count). The van der Waals surface area contributed by atoms with Crippen LogP contribution in [0, 0.1) is 0 Å². The van der Waals surface area contributed by atoms with Crippen LogP contribution in [0.2, 0.25) is 0 Å². The average molecular weight is 255 g/mol. The summed E-state index contributed by atoms with van der Waals surface area (Å²) in [4.78, 5) is 4.49. The summed E-state index contributed by atoms with van der Waals surface area (Å²) in [6, 6.07) is 0.500. The van der Waals surface area contributed by atoms with Crippen LogP contribution < -0.4 is 5.32 Å². The number of aromatic nitrogens is 2. The zero-order valence-corrected chi connectivity index (χ0v) is 12.3. The third-order valence-electron chi connectivity index (χ3n) is 2.82. The van der Waals surface area contributed by atoms with Crippen molar-refractivity contribution in [3.63, 3.8) is 0 Å². The lowest BCUT2D eigenvalue weighted by molar-refractivity contribution is 0.593. The van der Waals surface area contributed by atoms with Crippen LogP contribution >= 0.6 is 11.5 Å². The van der Waals surface area contributed by atoms with Crippen LogP contribution in [0.5, 0.6) is 0 Å². The van der Waals surface area contributed by atoms with Gasteiger partial charge >= 0.3 is 0 Å². The molecule has 0 amide bonds. The molecular weight excluding hydrogens is 230 g/mol. The van der Waals surface area contributed by atoms with E-state index < -0.39 is 0 Å². The minimum Gasteiger partial charge on any atom is -0.358 e. The van der Waals surface area contributed by atoms with Crippen molar-refractivity contribution in [2.24, 2.45) is 0 Å². The second-order valence-corrected chi connectivity index (χ2v) is 5.76. The number of nitrogens with zero attached hydrogens (tertiary/aromatic N) is 2. The maximum absolute atomic E-state index is 4.49. The van der Waals surface area contributed by atoms with E-state index in [1.165, 1.54) is 43.6 Å². The van der Waals surface area contributed by atoms with Gasteiger partial charge in [0.25, 0.3) is 0 Å². The second kappa shape index (κ2) is 7.64. The fraction of sp³-hybridized carbons (Fsp3) is 0.846. The fourth-order valence-corrected chi connectivity index (χ4v) is 2.51. The Balaban J connectivity index is 2.27. The lowest BCUT2D eigenvalue weighted by Gasteiger charge is -2.11. The molecule has 1 atom stereocenters. The highest BCUT2D eigenvalue weighted by Gasteiger charge is 2.09. The number of unbranched alkanes of at least 4 members (excludes halogenated alkanes) is 3. The van der Waals surface area contributed by atoms with Crippen LogP contribution in [0.1, 0.15) is 71.5 Å². The van der Waals surface area contributed by atoms with Gasteiger partial charge in [0.2, 0.25) is 5.13 Å². The van der Waals surface area contributed by atoms with Gasteiger partial charge in [-0.25, -0.2) is 4.98 Å². The Morgan fingerprint density at radius 2 is 1.94 bits per heavy atom. The predicted molar refractivity (Wildman–Crippen MR) is 75.8 cm³/mol. The van der Waals surface area contributed by atoms with Gasteiger partial charge in [0.15, 0.2) is 0 Å². The summed E-state index contributed by atoms with van der Waals surface area (Å²) >= 11 is 1.48. The third kappa shape index (κ3) is 5.48. The molecule has 1 unspecified atom stereocenters. The van der Waals surface area contributed by atoms with Gasteiger partial charge in [-0.3, -0.25) is 0 Å². The van der Waals surface area contributed by atoms with Crippen LogP contribution in [0.25, 0.3) is 0 Å². The van der Waals surface area contributed by atoms with E-state index in [0.717, 1.165) is 11.0 Å². The summed E-state index contributed by atoms with van der Waals surface area (Å²) in [6.45, 7) is 8.72. The van der Waals surface area contributed by atoms with E-state index in [-0.39, 0.29) is 0 Å². The molecule has 0 spiro atoms. The molecule has 98 valence electrons. The number of rotatable bonds is 8. The number of anilines is 1. The molecule has 1 N–H and O–H groups in total. The Hall–Kier alpha value is -0.640. The first kappa shape index (κ1) is 14.4. The van der Waals surface area contributed by atoms with Crippen LogP contribution in [0.15, 0.2) is 0 Å². The lowest BCUT2D eigenvalue weighted by atomic mass is 10.1. The summed E-state index contributed by atoms with van der Waals surface area (Å²) in [5.41, 5.74) is 0. The van der Waals surface area contributed by atoms with Gasteiger partial charge in [0.1, 0.15) is 5.82 Å². The SMILES string of the molecule is CCCCCCC(C)Nc1nc(C(C)C)ns1. The quantitative estimate of drug-likeness (QED) is 0.698. The van der Waals surface area contributed by atoms with Gasteiger partial charge in [-0.15, -0.1) is 0 Å². The lowest BCUT2D eigenvalue weighted by Crippen LogP contribution is -2.14. The second-order valence-electron chi connectivity index (χ2n) is 5.01. The third-order valence-corrected chi connectivity index (χ3v) is 3.48. The van der Waals surface area contributed by atoms with Crippen LogP contribution in [0.3, 0.4) is 0 Å². The molecule has 1 aromatic rings.